The van der Waals surface area contributed by atoms with E-state index in [0.717, 1.165) is 11.1 Å². The van der Waals surface area contributed by atoms with Crippen molar-refractivity contribution in [2.45, 2.75) is 40.3 Å². The van der Waals surface area contributed by atoms with Crippen molar-refractivity contribution in [3.63, 3.8) is 0 Å². The SMILES string of the molecule is COc1cc(OCC(=O)N(Cc2ccc(C)cc2)[C@@H](C)C(=O)NCC(C)C)ccc1[N+](=O)[O-]. The molecule has 0 saturated carbocycles. The number of rotatable bonds is 11. The average Bonchev–Trinajstić information content (AvgIpc) is 2.79. The van der Waals surface area contributed by atoms with Gasteiger partial charge in [-0.1, -0.05) is 43.7 Å². The van der Waals surface area contributed by atoms with Crippen molar-refractivity contribution >= 4 is 17.5 Å². The summed E-state index contributed by atoms with van der Waals surface area (Å²) in [7, 11) is 1.32. The van der Waals surface area contributed by atoms with Crippen LogP contribution in [0.3, 0.4) is 0 Å². The fraction of sp³-hybridized carbons (Fsp3) is 0.417. The molecule has 0 fully saturated rings. The Morgan fingerprint density at radius 3 is 2.36 bits per heavy atom. The van der Waals surface area contributed by atoms with Gasteiger partial charge in [0.25, 0.3) is 5.91 Å². The molecular formula is C24H31N3O6. The molecule has 1 atom stereocenters. The van der Waals surface area contributed by atoms with E-state index >= 15 is 0 Å². The normalized spacial score (nSPS) is 11.6. The Bertz CT molecular complexity index is 975. The molecule has 9 nitrogen and oxygen atoms in total. The second-order valence-corrected chi connectivity index (χ2v) is 8.20. The highest BCUT2D eigenvalue weighted by Gasteiger charge is 2.27. The van der Waals surface area contributed by atoms with Crippen LogP contribution in [0.1, 0.15) is 31.9 Å². The molecule has 2 rings (SSSR count). The quantitative estimate of drug-likeness (QED) is 0.409. The predicted octanol–water partition coefficient (Wildman–Crippen LogP) is 3.48. The van der Waals surface area contributed by atoms with E-state index in [1.807, 2.05) is 45.0 Å². The molecule has 9 heteroatoms. The van der Waals surface area contributed by atoms with Crippen LogP contribution in [-0.4, -0.2) is 47.9 Å². The van der Waals surface area contributed by atoms with Crippen molar-refractivity contribution in [1.82, 2.24) is 10.2 Å². The zero-order chi connectivity index (χ0) is 24.5. The molecule has 0 aromatic heterocycles. The predicted molar refractivity (Wildman–Crippen MR) is 124 cm³/mol. The van der Waals surface area contributed by atoms with Crippen LogP contribution in [0.5, 0.6) is 11.5 Å². The first kappa shape index (κ1) is 25.6. The van der Waals surface area contributed by atoms with E-state index in [0.29, 0.717) is 6.54 Å². The van der Waals surface area contributed by atoms with Crippen molar-refractivity contribution < 1.29 is 24.0 Å². The molecule has 0 radical (unpaired) electrons. The van der Waals surface area contributed by atoms with E-state index < -0.39 is 11.0 Å². The van der Waals surface area contributed by atoms with Gasteiger partial charge in [-0.15, -0.1) is 0 Å². The monoisotopic (exact) mass is 457 g/mol. The van der Waals surface area contributed by atoms with Gasteiger partial charge >= 0.3 is 5.69 Å². The number of carbonyl (C=O) groups excluding carboxylic acids is 2. The Kier molecular flexibility index (Phi) is 9.20. The number of hydrogen-bond acceptors (Lipinski definition) is 6. The van der Waals surface area contributed by atoms with Gasteiger partial charge in [-0.2, -0.15) is 0 Å². The molecule has 2 aromatic rings. The number of nitrogens with one attached hydrogen (secondary N) is 1. The molecule has 0 spiro atoms. The van der Waals surface area contributed by atoms with Gasteiger partial charge in [-0.05, 0) is 31.4 Å². The Morgan fingerprint density at radius 1 is 1.12 bits per heavy atom. The molecule has 1 N–H and O–H groups in total. The van der Waals surface area contributed by atoms with Gasteiger partial charge < -0.3 is 19.7 Å². The third-order valence-corrected chi connectivity index (χ3v) is 5.04. The minimum absolute atomic E-state index is 0.0305. The highest BCUT2D eigenvalue weighted by Crippen LogP contribution is 2.30. The molecule has 0 heterocycles. The van der Waals surface area contributed by atoms with Gasteiger partial charge in [0.2, 0.25) is 11.7 Å². The topological polar surface area (TPSA) is 111 Å². The molecule has 33 heavy (non-hydrogen) atoms. The van der Waals surface area contributed by atoms with Gasteiger partial charge in [-0.25, -0.2) is 0 Å². The number of nitro benzene ring substituents is 1. The van der Waals surface area contributed by atoms with Crippen LogP contribution in [0, 0.1) is 23.0 Å². The highest BCUT2D eigenvalue weighted by atomic mass is 16.6. The highest BCUT2D eigenvalue weighted by molar-refractivity contribution is 5.88. The molecule has 0 aliphatic heterocycles. The zero-order valence-corrected chi connectivity index (χ0v) is 19.7. The summed E-state index contributed by atoms with van der Waals surface area (Å²) in [5.41, 5.74) is 1.77. The summed E-state index contributed by atoms with van der Waals surface area (Å²) in [6.07, 6.45) is 0. The number of nitrogens with zero attached hydrogens (tertiary/aromatic N) is 2. The number of benzene rings is 2. The minimum Gasteiger partial charge on any atom is -0.490 e. The summed E-state index contributed by atoms with van der Waals surface area (Å²) >= 11 is 0. The fourth-order valence-corrected chi connectivity index (χ4v) is 3.05. The summed E-state index contributed by atoms with van der Waals surface area (Å²) in [6, 6.07) is 11.0. The number of amides is 2. The third kappa shape index (κ3) is 7.48. The van der Waals surface area contributed by atoms with Crippen molar-refractivity contribution in [3.05, 3.63) is 63.7 Å². The van der Waals surface area contributed by atoms with Gasteiger partial charge in [0, 0.05) is 25.2 Å². The Balaban J connectivity index is 2.17. The van der Waals surface area contributed by atoms with Gasteiger partial charge in [-0.3, -0.25) is 19.7 Å². The maximum atomic E-state index is 13.1. The minimum atomic E-state index is -0.715. The molecule has 0 unspecified atom stereocenters. The van der Waals surface area contributed by atoms with Gasteiger partial charge in [0.1, 0.15) is 11.8 Å². The summed E-state index contributed by atoms with van der Waals surface area (Å²) < 4.78 is 10.6. The number of aryl methyl sites for hydroxylation is 1. The van der Waals surface area contributed by atoms with Crippen molar-refractivity contribution in [3.8, 4) is 11.5 Å². The van der Waals surface area contributed by atoms with Crippen LogP contribution >= 0.6 is 0 Å². The number of hydrogen-bond donors (Lipinski definition) is 1. The smallest absolute Gasteiger partial charge is 0.311 e. The summed E-state index contributed by atoms with van der Waals surface area (Å²) in [5, 5.41) is 13.9. The molecule has 178 valence electrons. The van der Waals surface area contributed by atoms with Gasteiger partial charge in [0.05, 0.1) is 12.0 Å². The summed E-state index contributed by atoms with van der Waals surface area (Å²) in [5.74, 6) is -0.0787. The van der Waals surface area contributed by atoms with E-state index in [9.17, 15) is 19.7 Å². The largest absolute Gasteiger partial charge is 0.490 e. The Labute approximate surface area is 193 Å². The van der Waals surface area contributed by atoms with E-state index in [2.05, 4.69) is 5.32 Å². The molecule has 2 amide bonds. The van der Waals surface area contributed by atoms with Crippen molar-refractivity contribution in [1.29, 1.82) is 0 Å². The van der Waals surface area contributed by atoms with Gasteiger partial charge in [0.15, 0.2) is 6.61 Å². The van der Waals surface area contributed by atoms with Crippen LogP contribution < -0.4 is 14.8 Å². The second-order valence-electron chi connectivity index (χ2n) is 8.20. The second kappa shape index (κ2) is 11.8. The van der Waals surface area contributed by atoms with Crippen molar-refractivity contribution in [2.24, 2.45) is 5.92 Å². The van der Waals surface area contributed by atoms with E-state index in [-0.39, 0.29) is 48.1 Å². The van der Waals surface area contributed by atoms with Crippen LogP contribution in [0.15, 0.2) is 42.5 Å². The van der Waals surface area contributed by atoms with E-state index in [4.69, 9.17) is 9.47 Å². The maximum absolute atomic E-state index is 13.1. The lowest BCUT2D eigenvalue weighted by Gasteiger charge is -2.29. The molecular weight excluding hydrogens is 426 g/mol. The van der Waals surface area contributed by atoms with Crippen LogP contribution in [0.2, 0.25) is 0 Å². The number of ether oxygens (including phenoxy) is 2. The standard InChI is InChI=1S/C24H31N3O6/c1-16(2)13-25-24(29)18(4)26(14-19-8-6-17(3)7-9-19)23(28)15-33-20-10-11-21(27(30)31)22(12-20)32-5/h6-12,16,18H,13-15H2,1-5H3,(H,25,29)/t18-/m0/s1. The zero-order valence-electron chi connectivity index (χ0n) is 19.7. The number of methoxy groups -OCH3 is 1. The van der Waals surface area contributed by atoms with E-state index in [1.165, 1.54) is 30.2 Å². The maximum Gasteiger partial charge on any atom is 0.311 e. The molecule has 0 bridgehead atoms. The Hall–Kier alpha value is -3.62. The number of carbonyl (C=O) groups is 2. The lowest BCUT2D eigenvalue weighted by molar-refractivity contribution is -0.385. The lowest BCUT2D eigenvalue weighted by atomic mass is 10.1. The molecule has 2 aromatic carbocycles. The molecule has 0 saturated heterocycles. The van der Waals surface area contributed by atoms with Crippen molar-refractivity contribution in [2.75, 3.05) is 20.3 Å². The molecule has 0 aliphatic carbocycles. The Morgan fingerprint density at radius 2 is 1.79 bits per heavy atom. The van der Waals surface area contributed by atoms with Crippen LogP contribution in [-0.2, 0) is 16.1 Å². The first-order chi connectivity index (χ1) is 15.6. The third-order valence-electron chi connectivity index (χ3n) is 5.04. The average molecular weight is 458 g/mol. The van der Waals surface area contributed by atoms with Crippen LogP contribution in [0.4, 0.5) is 5.69 Å². The van der Waals surface area contributed by atoms with Crippen LogP contribution in [0.25, 0.3) is 0 Å². The first-order valence-corrected chi connectivity index (χ1v) is 10.7. The number of nitro groups is 1. The lowest BCUT2D eigenvalue weighted by Crippen LogP contribution is -2.49. The fourth-order valence-electron chi connectivity index (χ4n) is 3.05. The summed E-state index contributed by atoms with van der Waals surface area (Å²) in [4.78, 5) is 37.7. The first-order valence-electron chi connectivity index (χ1n) is 10.7. The molecule has 0 aliphatic rings. The van der Waals surface area contributed by atoms with E-state index in [1.54, 1.807) is 6.92 Å². The summed E-state index contributed by atoms with van der Waals surface area (Å²) in [6.45, 7) is 8.04.